The van der Waals surface area contributed by atoms with Gasteiger partial charge in [-0.3, -0.25) is 0 Å². The standard InChI is InChI=1S/C18H17NO5/c1-9-15(18(22)24-4)13(17(20)21)8-12-11-7-10(23-3)5-6-14(11)19(2)16(9)12/h5-8H,1-4H3,(H,20,21). The quantitative estimate of drug-likeness (QED) is 0.748. The molecule has 0 aliphatic rings. The molecule has 0 bridgehead atoms. The number of carboxylic acids is 1. The zero-order chi connectivity index (χ0) is 17.6. The molecule has 0 atom stereocenters. The molecule has 6 heteroatoms. The van der Waals surface area contributed by atoms with E-state index in [1.54, 1.807) is 14.0 Å². The number of ether oxygens (including phenoxy) is 2. The first-order valence-electron chi connectivity index (χ1n) is 7.32. The molecule has 24 heavy (non-hydrogen) atoms. The summed E-state index contributed by atoms with van der Waals surface area (Å²) in [5.41, 5.74) is 2.31. The van der Waals surface area contributed by atoms with Crippen LogP contribution in [0.1, 0.15) is 26.3 Å². The number of benzene rings is 2. The molecule has 0 aliphatic heterocycles. The van der Waals surface area contributed by atoms with Crippen LogP contribution in [0.15, 0.2) is 24.3 Å². The van der Waals surface area contributed by atoms with E-state index in [2.05, 4.69) is 0 Å². The van der Waals surface area contributed by atoms with Crippen molar-refractivity contribution in [3.63, 3.8) is 0 Å². The summed E-state index contributed by atoms with van der Waals surface area (Å²) in [5.74, 6) is -1.14. The molecule has 0 fully saturated rings. The Morgan fingerprint density at radius 1 is 1.12 bits per heavy atom. The highest BCUT2D eigenvalue weighted by atomic mass is 16.5. The van der Waals surface area contributed by atoms with E-state index < -0.39 is 11.9 Å². The van der Waals surface area contributed by atoms with Gasteiger partial charge in [0.1, 0.15) is 5.75 Å². The Balaban J connectivity index is 2.53. The van der Waals surface area contributed by atoms with Crippen LogP contribution >= 0.6 is 0 Å². The number of esters is 1. The van der Waals surface area contributed by atoms with Crippen molar-refractivity contribution < 1.29 is 24.2 Å². The van der Waals surface area contributed by atoms with E-state index in [9.17, 15) is 14.7 Å². The summed E-state index contributed by atoms with van der Waals surface area (Å²) in [5, 5.41) is 11.2. The van der Waals surface area contributed by atoms with Gasteiger partial charge in [0.2, 0.25) is 0 Å². The number of aryl methyl sites for hydroxylation is 2. The number of aromatic nitrogens is 1. The molecule has 0 saturated heterocycles. The predicted octanol–water partition coefficient (Wildman–Crippen LogP) is 3.13. The van der Waals surface area contributed by atoms with Gasteiger partial charge in [0.05, 0.1) is 30.9 Å². The van der Waals surface area contributed by atoms with E-state index >= 15 is 0 Å². The fourth-order valence-electron chi connectivity index (χ4n) is 3.25. The number of nitrogens with zero attached hydrogens (tertiary/aromatic N) is 1. The molecule has 0 unspecified atom stereocenters. The van der Waals surface area contributed by atoms with Crippen molar-refractivity contribution in [1.82, 2.24) is 4.57 Å². The average molecular weight is 327 g/mol. The molecule has 1 N–H and O–H groups in total. The third-order valence-electron chi connectivity index (χ3n) is 4.35. The number of hydrogen-bond donors (Lipinski definition) is 1. The summed E-state index contributed by atoms with van der Waals surface area (Å²) >= 11 is 0. The van der Waals surface area contributed by atoms with Crippen LogP contribution in [-0.2, 0) is 11.8 Å². The molecule has 2 aromatic carbocycles. The van der Waals surface area contributed by atoms with Gasteiger partial charge in [0.15, 0.2) is 0 Å². The minimum Gasteiger partial charge on any atom is -0.497 e. The number of methoxy groups -OCH3 is 2. The summed E-state index contributed by atoms with van der Waals surface area (Å²) in [6.45, 7) is 1.73. The Bertz CT molecular complexity index is 1000. The Morgan fingerprint density at radius 3 is 2.42 bits per heavy atom. The maximum Gasteiger partial charge on any atom is 0.339 e. The third-order valence-corrected chi connectivity index (χ3v) is 4.35. The van der Waals surface area contributed by atoms with Crippen molar-refractivity contribution in [2.45, 2.75) is 6.92 Å². The van der Waals surface area contributed by atoms with Crippen molar-refractivity contribution in [1.29, 1.82) is 0 Å². The van der Waals surface area contributed by atoms with Gasteiger partial charge in [-0.25, -0.2) is 9.59 Å². The molecule has 1 aromatic heterocycles. The third kappa shape index (κ3) is 2.11. The topological polar surface area (TPSA) is 77.8 Å². The summed E-state index contributed by atoms with van der Waals surface area (Å²) < 4.78 is 12.0. The Hall–Kier alpha value is -3.02. The van der Waals surface area contributed by atoms with Crippen molar-refractivity contribution in [2.75, 3.05) is 14.2 Å². The van der Waals surface area contributed by atoms with Gasteiger partial charge in [-0.2, -0.15) is 0 Å². The Kier molecular flexibility index (Phi) is 3.67. The molecule has 1 heterocycles. The monoisotopic (exact) mass is 327 g/mol. The average Bonchev–Trinajstić information content (AvgIpc) is 2.86. The number of aromatic carboxylic acids is 1. The van der Waals surface area contributed by atoms with Crippen LogP contribution in [-0.4, -0.2) is 35.8 Å². The fourth-order valence-corrected chi connectivity index (χ4v) is 3.25. The van der Waals surface area contributed by atoms with Gasteiger partial charge in [-0.05, 0) is 36.8 Å². The van der Waals surface area contributed by atoms with E-state index in [4.69, 9.17) is 9.47 Å². The SMILES string of the molecule is COC(=O)c1c(C(=O)O)cc2c3cc(OC)ccc3n(C)c2c1C. The van der Waals surface area contributed by atoms with Crippen LogP contribution in [0.4, 0.5) is 0 Å². The lowest BCUT2D eigenvalue weighted by molar-refractivity contribution is 0.0582. The van der Waals surface area contributed by atoms with Crippen LogP contribution in [0.5, 0.6) is 5.75 Å². The number of fused-ring (bicyclic) bond motifs is 3. The van der Waals surface area contributed by atoms with Crippen LogP contribution < -0.4 is 4.74 Å². The number of carboxylic acid groups (broad SMARTS) is 1. The molecule has 0 saturated carbocycles. The largest absolute Gasteiger partial charge is 0.497 e. The molecule has 3 aromatic rings. The maximum absolute atomic E-state index is 12.1. The molecule has 0 amide bonds. The van der Waals surface area contributed by atoms with E-state index in [0.717, 1.165) is 21.8 Å². The normalized spacial score (nSPS) is 11.0. The molecule has 0 spiro atoms. The van der Waals surface area contributed by atoms with E-state index in [0.29, 0.717) is 11.3 Å². The smallest absolute Gasteiger partial charge is 0.339 e. The summed E-state index contributed by atoms with van der Waals surface area (Å²) in [6, 6.07) is 7.14. The van der Waals surface area contributed by atoms with Crippen LogP contribution in [0.3, 0.4) is 0 Å². The number of carbonyl (C=O) groups is 2. The lowest BCUT2D eigenvalue weighted by Gasteiger charge is -2.11. The minimum atomic E-state index is -1.17. The lowest BCUT2D eigenvalue weighted by atomic mass is 9.97. The Labute approximate surface area is 138 Å². The van der Waals surface area contributed by atoms with Crippen LogP contribution in [0.25, 0.3) is 21.8 Å². The molecule has 124 valence electrons. The highest BCUT2D eigenvalue weighted by Gasteiger charge is 2.24. The van der Waals surface area contributed by atoms with E-state index in [1.807, 2.05) is 29.8 Å². The second-order valence-corrected chi connectivity index (χ2v) is 5.56. The second-order valence-electron chi connectivity index (χ2n) is 5.56. The molecule has 0 aliphatic carbocycles. The first-order valence-corrected chi connectivity index (χ1v) is 7.32. The van der Waals surface area contributed by atoms with Crippen molar-refractivity contribution in [3.8, 4) is 5.75 Å². The summed E-state index contributed by atoms with van der Waals surface area (Å²) in [6.07, 6.45) is 0. The summed E-state index contributed by atoms with van der Waals surface area (Å²) in [4.78, 5) is 23.8. The molecule has 0 radical (unpaired) electrons. The summed E-state index contributed by atoms with van der Waals surface area (Å²) in [7, 11) is 4.70. The van der Waals surface area contributed by atoms with Gasteiger partial charge >= 0.3 is 11.9 Å². The van der Waals surface area contributed by atoms with Gasteiger partial charge in [-0.15, -0.1) is 0 Å². The zero-order valence-electron chi connectivity index (χ0n) is 13.8. The number of rotatable bonds is 3. The van der Waals surface area contributed by atoms with Crippen molar-refractivity contribution >= 4 is 33.7 Å². The molecular formula is C18H17NO5. The molecule has 6 nitrogen and oxygen atoms in total. The van der Waals surface area contributed by atoms with Crippen molar-refractivity contribution in [2.24, 2.45) is 7.05 Å². The highest BCUT2D eigenvalue weighted by molar-refractivity contribution is 6.15. The molecular weight excluding hydrogens is 310 g/mol. The first kappa shape index (κ1) is 15.9. The van der Waals surface area contributed by atoms with Crippen molar-refractivity contribution in [3.05, 3.63) is 41.0 Å². The van der Waals surface area contributed by atoms with E-state index in [-0.39, 0.29) is 11.1 Å². The van der Waals surface area contributed by atoms with Gasteiger partial charge < -0.3 is 19.1 Å². The molecule has 3 rings (SSSR count). The van der Waals surface area contributed by atoms with Gasteiger partial charge in [-0.1, -0.05) is 0 Å². The lowest BCUT2D eigenvalue weighted by Crippen LogP contribution is -2.13. The highest BCUT2D eigenvalue weighted by Crippen LogP contribution is 2.35. The Morgan fingerprint density at radius 2 is 1.83 bits per heavy atom. The van der Waals surface area contributed by atoms with Gasteiger partial charge in [0, 0.05) is 23.3 Å². The minimum absolute atomic E-state index is 0.0674. The zero-order valence-corrected chi connectivity index (χ0v) is 13.8. The number of hydrogen-bond acceptors (Lipinski definition) is 4. The van der Waals surface area contributed by atoms with Crippen LogP contribution in [0.2, 0.25) is 0 Å². The predicted molar refractivity (Wildman–Crippen MR) is 90.0 cm³/mol. The second kappa shape index (κ2) is 5.56. The van der Waals surface area contributed by atoms with Gasteiger partial charge in [0.25, 0.3) is 0 Å². The maximum atomic E-state index is 12.1. The van der Waals surface area contributed by atoms with E-state index in [1.165, 1.54) is 13.2 Å². The number of carbonyl (C=O) groups excluding carboxylic acids is 1. The fraction of sp³-hybridized carbons (Fsp3) is 0.222. The first-order chi connectivity index (χ1) is 11.4. The van der Waals surface area contributed by atoms with Crippen LogP contribution in [0, 0.1) is 6.92 Å².